The van der Waals surface area contributed by atoms with Crippen LogP contribution in [-0.2, 0) is 0 Å². The van der Waals surface area contributed by atoms with Crippen LogP contribution in [0.25, 0.3) is 10.9 Å². The molecule has 0 aliphatic carbocycles. The lowest BCUT2D eigenvalue weighted by Gasteiger charge is -2.27. The number of hydrogen-bond donors (Lipinski definition) is 1. The van der Waals surface area contributed by atoms with E-state index < -0.39 is 0 Å². The lowest BCUT2D eigenvalue weighted by Crippen LogP contribution is -2.38. The molecule has 0 spiro atoms. The number of hydrogen-bond acceptors (Lipinski definition) is 3. The van der Waals surface area contributed by atoms with Gasteiger partial charge in [0, 0.05) is 23.7 Å². The highest BCUT2D eigenvalue weighted by molar-refractivity contribution is 5.99. The van der Waals surface area contributed by atoms with Gasteiger partial charge in [-0.1, -0.05) is 31.0 Å². The zero-order valence-electron chi connectivity index (χ0n) is 12.4. The molecule has 1 aromatic heterocycles. The summed E-state index contributed by atoms with van der Waals surface area (Å²) in [5.41, 5.74) is 7.94. The van der Waals surface area contributed by atoms with Crippen LogP contribution in [0.4, 0.5) is 5.69 Å². The van der Waals surface area contributed by atoms with Crippen molar-refractivity contribution in [1.29, 1.82) is 0 Å². The van der Waals surface area contributed by atoms with Gasteiger partial charge in [0.15, 0.2) is 0 Å². The molecule has 1 saturated heterocycles. The number of likely N-dealkylation sites (tertiary alicyclic amines) is 1. The number of carbonyl (C=O) groups excluding carboxylic acids is 1. The number of anilines is 1. The molecule has 1 aliphatic heterocycles. The number of nitrogen functional groups attached to an aromatic ring is 1. The van der Waals surface area contributed by atoms with Crippen molar-refractivity contribution in [3.8, 4) is 0 Å². The molecule has 1 aromatic carbocycles. The molecule has 2 heterocycles. The van der Waals surface area contributed by atoms with Gasteiger partial charge in [0.2, 0.25) is 0 Å². The van der Waals surface area contributed by atoms with E-state index >= 15 is 0 Å². The molecule has 0 saturated carbocycles. The van der Waals surface area contributed by atoms with Crippen LogP contribution in [0, 0.1) is 0 Å². The van der Waals surface area contributed by atoms with Gasteiger partial charge in [-0.05, 0) is 31.9 Å². The molecule has 2 N–H and O–H groups in total. The lowest BCUT2D eigenvalue weighted by molar-refractivity contribution is 0.0692. The van der Waals surface area contributed by atoms with Crippen LogP contribution in [-0.4, -0.2) is 28.4 Å². The Kier molecular flexibility index (Phi) is 3.78. The maximum absolute atomic E-state index is 12.8. The topological polar surface area (TPSA) is 59.2 Å². The first-order valence-electron chi connectivity index (χ1n) is 7.63. The van der Waals surface area contributed by atoms with Crippen molar-refractivity contribution >= 4 is 22.5 Å². The van der Waals surface area contributed by atoms with Crippen molar-refractivity contribution < 1.29 is 4.79 Å². The van der Waals surface area contributed by atoms with Crippen LogP contribution >= 0.6 is 0 Å². The molecule has 4 nitrogen and oxygen atoms in total. The van der Waals surface area contributed by atoms with Gasteiger partial charge >= 0.3 is 0 Å². The lowest BCUT2D eigenvalue weighted by atomic mass is 10.1. The SMILES string of the molecule is CC1CCCCCN1C(=O)c1cc(N)c2ccccc2n1. The summed E-state index contributed by atoms with van der Waals surface area (Å²) in [7, 11) is 0. The fourth-order valence-corrected chi connectivity index (χ4v) is 3.04. The maximum atomic E-state index is 12.8. The zero-order chi connectivity index (χ0) is 14.8. The van der Waals surface area contributed by atoms with Gasteiger partial charge in [-0.2, -0.15) is 0 Å². The van der Waals surface area contributed by atoms with E-state index in [1.54, 1.807) is 6.07 Å². The Bertz CT molecular complexity index is 668. The molecule has 0 bridgehead atoms. The Morgan fingerprint density at radius 1 is 1.29 bits per heavy atom. The number of aromatic nitrogens is 1. The predicted octanol–water partition coefficient (Wildman–Crippen LogP) is 3.22. The average Bonchev–Trinajstić information content (AvgIpc) is 2.71. The summed E-state index contributed by atoms with van der Waals surface area (Å²) in [5.74, 6) is 0.00172. The first-order chi connectivity index (χ1) is 10.2. The van der Waals surface area contributed by atoms with Gasteiger partial charge in [-0.25, -0.2) is 4.98 Å². The molecule has 21 heavy (non-hydrogen) atoms. The van der Waals surface area contributed by atoms with E-state index in [0.29, 0.717) is 11.4 Å². The molecule has 110 valence electrons. The fourth-order valence-electron chi connectivity index (χ4n) is 3.04. The second kappa shape index (κ2) is 5.72. The summed E-state index contributed by atoms with van der Waals surface area (Å²) < 4.78 is 0. The number of rotatable bonds is 1. The van der Waals surface area contributed by atoms with Crippen LogP contribution in [0.1, 0.15) is 43.1 Å². The van der Waals surface area contributed by atoms with Gasteiger partial charge in [0.25, 0.3) is 5.91 Å². The minimum Gasteiger partial charge on any atom is -0.398 e. The molecule has 0 radical (unpaired) electrons. The van der Waals surface area contributed by atoms with Crippen LogP contribution < -0.4 is 5.73 Å². The third-order valence-electron chi connectivity index (χ3n) is 4.28. The number of benzene rings is 1. The number of pyridine rings is 1. The first kappa shape index (κ1) is 13.9. The van der Waals surface area contributed by atoms with Crippen molar-refractivity contribution in [3.05, 3.63) is 36.0 Å². The summed E-state index contributed by atoms with van der Waals surface area (Å²) in [5, 5.41) is 0.901. The molecule has 1 aliphatic rings. The molecule has 1 unspecified atom stereocenters. The Hall–Kier alpha value is -2.10. The van der Waals surface area contributed by atoms with Gasteiger partial charge in [0.1, 0.15) is 5.69 Å². The number of para-hydroxylation sites is 1. The fraction of sp³-hybridized carbons (Fsp3) is 0.412. The molecule has 3 rings (SSSR count). The Labute approximate surface area is 125 Å². The third-order valence-corrected chi connectivity index (χ3v) is 4.28. The summed E-state index contributed by atoms with van der Waals surface area (Å²) in [4.78, 5) is 19.2. The normalized spacial score (nSPS) is 19.5. The van der Waals surface area contributed by atoms with Crippen LogP contribution in [0.2, 0.25) is 0 Å². The van der Waals surface area contributed by atoms with Crippen molar-refractivity contribution in [1.82, 2.24) is 9.88 Å². The Morgan fingerprint density at radius 2 is 2.10 bits per heavy atom. The van der Waals surface area contributed by atoms with Gasteiger partial charge < -0.3 is 10.6 Å². The molecule has 1 amide bonds. The smallest absolute Gasteiger partial charge is 0.272 e. The number of amides is 1. The van der Waals surface area contributed by atoms with E-state index in [1.165, 1.54) is 12.8 Å². The summed E-state index contributed by atoms with van der Waals surface area (Å²) in [6.07, 6.45) is 4.52. The van der Waals surface area contributed by atoms with Crippen LogP contribution in [0.15, 0.2) is 30.3 Å². The summed E-state index contributed by atoms with van der Waals surface area (Å²) in [6.45, 7) is 2.93. The Morgan fingerprint density at radius 3 is 2.95 bits per heavy atom. The number of nitrogens with zero attached hydrogens (tertiary/aromatic N) is 2. The van der Waals surface area contributed by atoms with Crippen molar-refractivity contribution in [2.45, 2.75) is 38.6 Å². The molecule has 4 heteroatoms. The number of fused-ring (bicyclic) bond motifs is 1. The molecule has 1 atom stereocenters. The minimum absolute atomic E-state index is 0.00172. The van der Waals surface area contributed by atoms with E-state index in [4.69, 9.17) is 5.73 Å². The standard InChI is InChI=1S/C17H21N3O/c1-12-7-3-2-6-10-20(12)17(21)16-11-14(18)13-8-4-5-9-15(13)19-16/h4-5,8-9,11-12H,2-3,6-7,10H2,1H3,(H2,18,19). The first-order valence-corrected chi connectivity index (χ1v) is 7.63. The van der Waals surface area contributed by atoms with E-state index in [9.17, 15) is 4.79 Å². The highest BCUT2D eigenvalue weighted by atomic mass is 16.2. The largest absolute Gasteiger partial charge is 0.398 e. The molecular formula is C17H21N3O. The minimum atomic E-state index is 0.00172. The van der Waals surface area contributed by atoms with Crippen LogP contribution in [0.3, 0.4) is 0 Å². The van der Waals surface area contributed by atoms with Crippen molar-refractivity contribution in [3.63, 3.8) is 0 Å². The average molecular weight is 283 g/mol. The van der Waals surface area contributed by atoms with E-state index in [0.717, 1.165) is 30.3 Å². The summed E-state index contributed by atoms with van der Waals surface area (Å²) in [6, 6.07) is 9.66. The molecular weight excluding hydrogens is 262 g/mol. The quantitative estimate of drug-likeness (QED) is 0.874. The van der Waals surface area contributed by atoms with Gasteiger partial charge in [0.05, 0.1) is 5.52 Å². The summed E-state index contributed by atoms with van der Waals surface area (Å²) >= 11 is 0. The van der Waals surface area contributed by atoms with Crippen molar-refractivity contribution in [2.24, 2.45) is 0 Å². The zero-order valence-corrected chi connectivity index (χ0v) is 12.4. The molecule has 2 aromatic rings. The van der Waals surface area contributed by atoms with Gasteiger partial charge in [-0.3, -0.25) is 4.79 Å². The highest BCUT2D eigenvalue weighted by Gasteiger charge is 2.24. The van der Waals surface area contributed by atoms with Crippen LogP contribution in [0.5, 0.6) is 0 Å². The molecule has 1 fully saturated rings. The van der Waals surface area contributed by atoms with Crippen molar-refractivity contribution in [2.75, 3.05) is 12.3 Å². The third kappa shape index (κ3) is 2.71. The Balaban J connectivity index is 1.97. The monoisotopic (exact) mass is 283 g/mol. The second-order valence-electron chi connectivity index (χ2n) is 5.81. The predicted molar refractivity (Wildman–Crippen MR) is 85.1 cm³/mol. The number of nitrogens with two attached hydrogens (primary N) is 1. The number of carbonyl (C=O) groups is 1. The van der Waals surface area contributed by atoms with E-state index in [-0.39, 0.29) is 11.9 Å². The van der Waals surface area contributed by atoms with Gasteiger partial charge in [-0.15, -0.1) is 0 Å². The maximum Gasteiger partial charge on any atom is 0.272 e. The second-order valence-corrected chi connectivity index (χ2v) is 5.81. The highest BCUT2D eigenvalue weighted by Crippen LogP contribution is 2.23. The van der Waals surface area contributed by atoms with E-state index in [2.05, 4.69) is 11.9 Å². The van der Waals surface area contributed by atoms with E-state index in [1.807, 2.05) is 29.2 Å².